The SMILES string of the molecule is Cc1nc(C)c(S(=O)(=O)NC2CCCC2(C)CO)s1. The largest absolute Gasteiger partial charge is 0.396 e. The van der Waals surface area contributed by atoms with Crippen LogP contribution in [0.1, 0.15) is 36.9 Å². The van der Waals surface area contributed by atoms with E-state index in [1.54, 1.807) is 13.8 Å². The van der Waals surface area contributed by atoms with Gasteiger partial charge in [0.05, 0.1) is 10.7 Å². The average Bonchev–Trinajstić information content (AvgIpc) is 2.84. The van der Waals surface area contributed by atoms with E-state index in [0.29, 0.717) is 5.69 Å². The summed E-state index contributed by atoms with van der Waals surface area (Å²) in [4.78, 5) is 4.16. The minimum Gasteiger partial charge on any atom is -0.396 e. The van der Waals surface area contributed by atoms with Crippen LogP contribution in [-0.2, 0) is 10.0 Å². The molecule has 1 fully saturated rings. The second-order valence-corrected chi connectivity index (χ2v) is 8.60. The van der Waals surface area contributed by atoms with E-state index in [9.17, 15) is 13.5 Å². The van der Waals surface area contributed by atoms with E-state index in [4.69, 9.17) is 0 Å². The van der Waals surface area contributed by atoms with Crippen molar-refractivity contribution in [2.24, 2.45) is 5.41 Å². The van der Waals surface area contributed by atoms with E-state index in [1.807, 2.05) is 6.92 Å². The van der Waals surface area contributed by atoms with Gasteiger partial charge in [-0.05, 0) is 26.7 Å². The first-order valence-corrected chi connectivity index (χ1v) is 8.66. The Morgan fingerprint density at radius 3 is 2.74 bits per heavy atom. The third-order valence-corrected chi connectivity index (χ3v) is 7.00. The molecular formula is C12H20N2O3S2. The molecule has 2 N–H and O–H groups in total. The van der Waals surface area contributed by atoms with Gasteiger partial charge in [-0.1, -0.05) is 13.3 Å². The maximum atomic E-state index is 12.4. The summed E-state index contributed by atoms with van der Waals surface area (Å²) in [6.07, 6.45) is 2.55. The summed E-state index contributed by atoms with van der Waals surface area (Å²) in [6.45, 7) is 5.43. The normalized spacial score (nSPS) is 27.9. The zero-order valence-electron chi connectivity index (χ0n) is 11.4. The number of hydrogen-bond acceptors (Lipinski definition) is 5. The summed E-state index contributed by atoms with van der Waals surface area (Å²) in [5, 5.41) is 10.2. The number of hydrogen-bond donors (Lipinski definition) is 2. The molecule has 1 aliphatic carbocycles. The van der Waals surface area contributed by atoms with Crippen molar-refractivity contribution in [3.8, 4) is 0 Å². The highest BCUT2D eigenvalue weighted by Crippen LogP contribution is 2.38. The molecule has 0 bridgehead atoms. The second-order valence-electron chi connectivity index (χ2n) is 5.48. The monoisotopic (exact) mass is 304 g/mol. The third kappa shape index (κ3) is 2.84. The number of sulfonamides is 1. The van der Waals surface area contributed by atoms with E-state index in [0.717, 1.165) is 24.3 Å². The highest BCUT2D eigenvalue weighted by molar-refractivity contribution is 7.91. The van der Waals surface area contributed by atoms with E-state index < -0.39 is 10.0 Å². The van der Waals surface area contributed by atoms with Crippen LogP contribution in [0.2, 0.25) is 0 Å². The summed E-state index contributed by atoms with van der Waals surface area (Å²) >= 11 is 1.19. The molecule has 19 heavy (non-hydrogen) atoms. The first-order valence-electron chi connectivity index (χ1n) is 6.36. The number of rotatable bonds is 4. The lowest BCUT2D eigenvalue weighted by atomic mass is 9.86. The van der Waals surface area contributed by atoms with Crippen molar-refractivity contribution in [1.82, 2.24) is 9.71 Å². The summed E-state index contributed by atoms with van der Waals surface area (Å²) in [5.74, 6) is 0. The van der Waals surface area contributed by atoms with E-state index in [1.165, 1.54) is 11.3 Å². The summed E-state index contributed by atoms with van der Waals surface area (Å²) < 4.78 is 27.8. The third-order valence-electron chi connectivity index (χ3n) is 3.85. The van der Waals surface area contributed by atoms with E-state index in [-0.39, 0.29) is 22.3 Å². The summed E-state index contributed by atoms with van der Waals surface area (Å²) in [7, 11) is -3.54. The lowest BCUT2D eigenvalue weighted by Gasteiger charge is -2.29. The summed E-state index contributed by atoms with van der Waals surface area (Å²) in [5.41, 5.74) is 0.180. The molecule has 0 spiro atoms. The Bertz CT molecular complexity index is 568. The van der Waals surface area contributed by atoms with Crippen molar-refractivity contribution in [2.75, 3.05) is 6.61 Å². The van der Waals surface area contributed by atoms with E-state index in [2.05, 4.69) is 9.71 Å². The smallest absolute Gasteiger partial charge is 0.252 e. The number of thiazole rings is 1. The minimum absolute atomic E-state index is 0.000880. The lowest BCUT2D eigenvalue weighted by Crippen LogP contribution is -2.44. The molecule has 2 atom stereocenters. The van der Waals surface area contributed by atoms with Crippen LogP contribution in [0.3, 0.4) is 0 Å². The summed E-state index contributed by atoms with van der Waals surface area (Å²) in [6, 6.07) is -0.204. The Kier molecular flexibility index (Phi) is 4.02. The van der Waals surface area contributed by atoms with E-state index >= 15 is 0 Å². The van der Waals surface area contributed by atoms with Gasteiger partial charge in [0.25, 0.3) is 10.0 Å². The predicted octanol–water partition coefficient (Wildman–Crippen LogP) is 1.59. The average molecular weight is 304 g/mol. The zero-order valence-corrected chi connectivity index (χ0v) is 13.1. The van der Waals surface area contributed by atoms with Gasteiger partial charge < -0.3 is 5.11 Å². The van der Waals surface area contributed by atoms with Crippen molar-refractivity contribution >= 4 is 21.4 Å². The Morgan fingerprint density at radius 1 is 1.53 bits per heavy atom. The molecule has 2 unspecified atom stereocenters. The van der Waals surface area contributed by atoms with Gasteiger partial charge in [0.2, 0.25) is 0 Å². The van der Waals surface area contributed by atoms with Crippen molar-refractivity contribution in [3.63, 3.8) is 0 Å². The van der Waals surface area contributed by atoms with Gasteiger partial charge in [0, 0.05) is 18.1 Å². The van der Waals surface area contributed by atoms with Crippen LogP contribution in [0.25, 0.3) is 0 Å². The Hall–Kier alpha value is -0.500. The molecule has 5 nitrogen and oxygen atoms in total. The Morgan fingerprint density at radius 2 is 2.21 bits per heavy atom. The van der Waals surface area contributed by atoms with Gasteiger partial charge in [-0.2, -0.15) is 0 Å². The molecule has 0 saturated heterocycles. The van der Waals surface area contributed by atoms with Crippen LogP contribution in [0.4, 0.5) is 0 Å². The lowest BCUT2D eigenvalue weighted by molar-refractivity contribution is 0.127. The fourth-order valence-electron chi connectivity index (χ4n) is 2.63. The highest BCUT2D eigenvalue weighted by atomic mass is 32.2. The minimum atomic E-state index is -3.54. The maximum absolute atomic E-state index is 12.4. The van der Waals surface area contributed by atoms with Crippen LogP contribution in [0.5, 0.6) is 0 Å². The van der Waals surface area contributed by atoms with Crippen molar-refractivity contribution in [1.29, 1.82) is 0 Å². The molecular weight excluding hydrogens is 284 g/mol. The van der Waals surface area contributed by atoms with Crippen LogP contribution < -0.4 is 4.72 Å². The molecule has 0 radical (unpaired) electrons. The van der Waals surface area contributed by atoms with Crippen LogP contribution in [0, 0.1) is 19.3 Å². The second kappa shape index (κ2) is 5.12. The maximum Gasteiger partial charge on any atom is 0.252 e. The van der Waals surface area contributed by atoms with Crippen LogP contribution in [0.15, 0.2) is 4.21 Å². The zero-order chi connectivity index (χ0) is 14.3. The van der Waals surface area contributed by atoms with Crippen molar-refractivity contribution in [2.45, 2.75) is 50.3 Å². The van der Waals surface area contributed by atoms with Crippen LogP contribution >= 0.6 is 11.3 Å². The fraction of sp³-hybridized carbons (Fsp3) is 0.750. The predicted molar refractivity (Wildman–Crippen MR) is 74.7 cm³/mol. The number of aliphatic hydroxyl groups excluding tert-OH is 1. The van der Waals surface area contributed by atoms with Gasteiger partial charge >= 0.3 is 0 Å². The van der Waals surface area contributed by atoms with Crippen molar-refractivity contribution in [3.05, 3.63) is 10.7 Å². The van der Waals surface area contributed by atoms with Gasteiger partial charge in [-0.3, -0.25) is 0 Å². The van der Waals surface area contributed by atoms with Gasteiger partial charge in [-0.25, -0.2) is 18.1 Å². The Labute approximate surface area is 118 Å². The molecule has 0 amide bonds. The van der Waals surface area contributed by atoms with Crippen molar-refractivity contribution < 1.29 is 13.5 Å². The number of aromatic nitrogens is 1. The highest BCUT2D eigenvalue weighted by Gasteiger charge is 2.41. The molecule has 1 heterocycles. The van der Waals surface area contributed by atoms with Gasteiger partial charge in [0.1, 0.15) is 0 Å². The quantitative estimate of drug-likeness (QED) is 0.885. The Balaban J connectivity index is 2.25. The molecule has 0 aliphatic heterocycles. The molecule has 1 aromatic heterocycles. The molecule has 2 rings (SSSR count). The molecule has 7 heteroatoms. The topological polar surface area (TPSA) is 79.3 Å². The fourth-order valence-corrected chi connectivity index (χ4v) is 5.53. The van der Waals surface area contributed by atoms with Gasteiger partial charge in [-0.15, -0.1) is 11.3 Å². The number of aryl methyl sites for hydroxylation is 2. The number of nitrogens with zero attached hydrogens (tertiary/aromatic N) is 1. The standard InChI is InChI=1S/C12H20N2O3S2/c1-8-11(18-9(2)13-8)19(16,17)14-10-5-4-6-12(10,3)7-15/h10,14-15H,4-7H2,1-3H3. The van der Waals surface area contributed by atoms with Crippen LogP contribution in [-0.4, -0.2) is 31.2 Å². The molecule has 1 aliphatic rings. The molecule has 1 saturated carbocycles. The first kappa shape index (κ1) is 14.9. The van der Waals surface area contributed by atoms with Gasteiger partial charge in [0.15, 0.2) is 4.21 Å². The number of nitrogens with one attached hydrogen (secondary N) is 1. The molecule has 108 valence electrons. The molecule has 1 aromatic rings. The first-order chi connectivity index (χ1) is 8.78. The molecule has 0 aromatic carbocycles. The number of aliphatic hydroxyl groups is 1.